The number of halogens is 1. The third-order valence-electron chi connectivity index (χ3n) is 6.07. The van der Waals surface area contributed by atoms with Crippen LogP contribution in [0.1, 0.15) is 48.9 Å². The van der Waals surface area contributed by atoms with E-state index in [0.717, 1.165) is 16.7 Å². The molecule has 0 aliphatic heterocycles. The highest BCUT2D eigenvalue weighted by atomic mass is 35.5. The van der Waals surface area contributed by atoms with Crippen LogP contribution in [0, 0.1) is 11.8 Å². The second-order valence-electron chi connectivity index (χ2n) is 8.78. The number of amides is 2. The molecule has 32 heavy (non-hydrogen) atoms. The largest absolute Gasteiger partial charge is 0.390 e. The van der Waals surface area contributed by atoms with Crippen molar-refractivity contribution in [2.24, 2.45) is 11.8 Å². The summed E-state index contributed by atoms with van der Waals surface area (Å²) in [5.41, 5.74) is 3.17. The first-order valence-corrected chi connectivity index (χ1v) is 11.9. The van der Waals surface area contributed by atoms with E-state index in [9.17, 15) is 14.7 Å². The van der Waals surface area contributed by atoms with E-state index in [-0.39, 0.29) is 29.7 Å². The molecule has 0 saturated heterocycles. The Morgan fingerprint density at radius 1 is 1.12 bits per heavy atom. The molecule has 3 N–H and O–H groups in total. The van der Waals surface area contributed by atoms with Crippen LogP contribution >= 0.6 is 11.6 Å². The minimum atomic E-state index is -0.618. The van der Waals surface area contributed by atoms with Crippen molar-refractivity contribution in [1.82, 2.24) is 10.6 Å². The van der Waals surface area contributed by atoms with Crippen LogP contribution in [0.5, 0.6) is 0 Å². The van der Waals surface area contributed by atoms with Crippen LogP contribution in [0.15, 0.2) is 54.6 Å². The van der Waals surface area contributed by atoms with Gasteiger partial charge in [-0.25, -0.2) is 0 Å². The van der Waals surface area contributed by atoms with E-state index < -0.39 is 6.10 Å². The van der Waals surface area contributed by atoms with E-state index in [4.69, 9.17) is 11.6 Å². The standard InChI is InChI=1S/C26H33ClN2O3/c1-18(17-28-24(31)12-7-13-27)14-21(15-19-8-3-2-4-9-19)26(32)29-25-22-11-6-5-10-20(22)16-23(25)30/h2-6,8-11,18,21,23,25,30H,7,12-17H2,1H3,(H,28,31)(H,29,32)/t18-,21-,23+,25-/m0/s1. The first-order valence-electron chi connectivity index (χ1n) is 11.4. The Labute approximate surface area is 195 Å². The van der Waals surface area contributed by atoms with Gasteiger partial charge in [0.05, 0.1) is 12.1 Å². The molecule has 4 atom stereocenters. The van der Waals surface area contributed by atoms with Crippen molar-refractivity contribution in [3.05, 3.63) is 71.3 Å². The van der Waals surface area contributed by atoms with Crippen molar-refractivity contribution in [1.29, 1.82) is 0 Å². The molecule has 0 heterocycles. The average Bonchev–Trinajstić information content (AvgIpc) is 3.11. The van der Waals surface area contributed by atoms with Gasteiger partial charge in [-0.15, -0.1) is 11.6 Å². The van der Waals surface area contributed by atoms with Gasteiger partial charge in [0.15, 0.2) is 0 Å². The summed E-state index contributed by atoms with van der Waals surface area (Å²) in [6, 6.07) is 17.4. The lowest BCUT2D eigenvalue weighted by Crippen LogP contribution is -2.40. The number of rotatable bonds is 11. The number of alkyl halides is 1. The zero-order valence-electron chi connectivity index (χ0n) is 18.6. The van der Waals surface area contributed by atoms with E-state index in [2.05, 4.69) is 10.6 Å². The summed E-state index contributed by atoms with van der Waals surface area (Å²) in [5.74, 6) is 0.280. The Kier molecular flexibility index (Phi) is 9.12. The zero-order chi connectivity index (χ0) is 22.9. The summed E-state index contributed by atoms with van der Waals surface area (Å²) >= 11 is 5.66. The second kappa shape index (κ2) is 12.0. The Bertz CT molecular complexity index is 890. The number of hydrogen-bond acceptors (Lipinski definition) is 3. The van der Waals surface area contributed by atoms with Gasteiger partial charge in [0.25, 0.3) is 0 Å². The molecule has 0 spiro atoms. The van der Waals surface area contributed by atoms with Gasteiger partial charge in [-0.1, -0.05) is 61.5 Å². The van der Waals surface area contributed by atoms with Crippen LogP contribution in [0.3, 0.4) is 0 Å². The number of carbonyl (C=O) groups excluding carboxylic acids is 2. The number of hydrogen-bond donors (Lipinski definition) is 3. The highest BCUT2D eigenvalue weighted by Gasteiger charge is 2.33. The zero-order valence-corrected chi connectivity index (χ0v) is 19.4. The van der Waals surface area contributed by atoms with Crippen LogP contribution in [0.25, 0.3) is 0 Å². The third-order valence-corrected chi connectivity index (χ3v) is 6.34. The Morgan fingerprint density at radius 3 is 2.59 bits per heavy atom. The molecule has 0 radical (unpaired) electrons. The SMILES string of the molecule is C[C@H](CNC(=O)CCCCl)C[C@@H](Cc1ccccc1)C(=O)N[C@H]1c2ccccc2C[C@H]1O. The van der Waals surface area contributed by atoms with Crippen LogP contribution in [0.4, 0.5) is 0 Å². The monoisotopic (exact) mass is 456 g/mol. The van der Waals surface area contributed by atoms with Crippen molar-refractivity contribution in [3.8, 4) is 0 Å². The van der Waals surface area contributed by atoms with Crippen LogP contribution in [-0.4, -0.2) is 35.4 Å². The Morgan fingerprint density at radius 2 is 1.84 bits per heavy atom. The summed E-state index contributed by atoms with van der Waals surface area (Å²) < 4.78 is 0. The molecular weight excluding hydrogens is 424 g/mol. The summed E-state index contributed by atoms with van der Waals surface area (Å²) in [4.78, 5) is 25.3. The maximum atomic E-state index is 13.3. The first-order chi connectivity index (χ1) is 15.5. The minimum absolute atomic E-state index is 0.00718. The molecular formula is C26H33ClN2O3. The van der Waals surface area contributed by atoms with Crippen molar-refractivity contribution < 1.29 is 14.7 Å². The smallest absolute Gasteiger partial charge is 0.224 e. The molecule has 2 amide bonds. The van der Waals surface area contributed by atoms with E-state index in [1.807, 2.05) is 61.5 Å². The number of aliphatic hydroxyl groups is 1. The van der Waals surface area contributed by atoms with Crippen LogP contribution < -0.4 is 10.6 Å². The molecule has 1 aliphatic carbocycles. The van der Waals surface area contributed by atoms with E-state index >= 15 is 0 Å². The molecule has 0 bridgehead atoms. The lowest BCUT2D eigenvalue weighted by Gasteiger charge is -2.25. The number of benzene rings is 2. The predicted molar refractivity (Wildman–Crippen MR) is 127 cm³/mol. The molecule has 2 aromatic carbocycles. The van der Waals surface area contributed by atoms with Crippen molar-refractivity contribution in [2.45, 2.75) is 51.2 Å². The van der Waals surface area contributed by atoms with Crippen molar-refractivity contribution in [3.63, 3.8) is 0 Å². The molecule has 0 aromatic heterocycles. The third kappa shape index (κ3) is 6.81. The highest BCUT2D eigenvalue weighted by molar-refractivity contribution is 6.17. The number of fused-ring (bicyclic) bond motifs is 1. The topological polar surface area (TPSA) is 78.4 Å². The van der Waals surface area contributed by atoms with Gasteiger partial charge in [0, 0.05) is 31.2 Å². The van der Waals surface area contributed by atoms with Crippen molar-refractivity contribution >= 4 is 23.4 Å². The fourth-order valence-corrected chi connectivity index (χ4v) is 4.51. The summed E-state index contributed by atoms with van der Waals surface area (Å²) in [6.45, 7) is 2.57. The molecule has 1 aliphatic rings. The van der Waals surface area contributed by atoms with Gasteiger partial charge < -0.3 is 15.7 Å². The average molecular weight is 457 g/mol. The minimum Gasteiger partial charge on any atom is -0.390 e. The van der Waals surface area contributed by atoms with Gasteiger partial charge in [-0.2, -0.15) is 0 Å². The lowest BCUT2D eigenvalue weighted by molar-refractivity contribution is -0.127. The number of carbonyl (C=O) groups is 2. The Balaban J connectivity index is 1.65. The molecule has 0 saturated carbocycles. The lowest BCUT2D eigenvalue weighted by atomic mass is 9.89. The second-order valence-corrected chi connectivity index (χ2v) is 9.16. The number of nitrogens with one attached hydrogen (secondary N) is 2. The molecule has 5 nitrogen and oxygen atoms in total. The highest BCUT2D eigenvalue weighted by Crippen LogP contribution is 2.32. The fraction of sp³-hybridized carbons (Fsp3) is 0.462. The first kappa shape index (κ1) is 24.3. The maximum Gasteiger partial charge on any atom is 0.224 e. The quantitative estimate of drug-likeness (QED) is 0.450. The molecule has 0 fully saturated rings. The van der Waals surface area contributed by atoms with Gasteiger partial charge >= 0.3 is 0 Å². The normalized spacial score (nSPS) is 19.1. The van der Waals surface area contributed by atoms with E-state index in [1.54, 1.807) is 0 Å². The molecule has 6 heteroatoms. The van der Waals surface area contributed by atoms with E-state index in [0.29, 0.717) is 44.5 Å². The van der Waals surface area contributed by atoms with Gasteiger partial charge in [0.2, 0.25) is 11.8 Å². The summed E-state index contributed by atoms with van der Waals surface area (Å²) in [5, 5.41) is 16.6. The van der Waals surface area contributed by atoms with Gasteiger partial charge in [-0.3, -0.25) is 9.59 Å². The molecule has 0 unspecified atom stereocenters. The molecule has 3 rings (SSSR count). The summed E-state index contributed by atoms with van der Waals surface area (Å²) in [6.07, 6.45) is 2.26. The van der Waals surface area contributed by atoms with Gasteiger partial charge in [0.1, 0.15) is 0 Å². The molecule has 2 aromatic rings. The van der Waals surface area contributed by atoms with Crippen molar-refractivity contribution in [2.75, 3.05) is 12.4 Å². The van der Waals surface area contributed by atoms with E-state index in [1.165, 1.54) is 0 Å². The maximum absolute atomic E-state index is 13.3. The number of aliphatic hydroxyl groups excluding tert-OH is 1. The summed E-state index contributed by atoms with van der Waals surface area (Å²) in [7, 11) is 0. The van der Waals surface area contributed by atoms with Crippen LogP contribution in [0.2, 0.25) is 0 Å². The fourth-order valence-electron chi connectivity index (χ4n) is 4.37. The Hall–Kier alpha value is -2.37. The molecule has 172 valence electrons. The predicted octanol–water partition coefficient (Wildman–Crippen LogP) is 3.78. The van der Waals surface area contributed by atoms with Gasteiger partial charge in [-0.05, 0) is 41.9 Å². The van der Waals surface area contributed by atoms with Crippen LogP contribution in [-0.2, 0) is 22.4 Å².